The minimum atomic E-state index is 0.239. The molecular formula is C23H27N3OS. The number of aliphatic hydroxyl groups excluding tert-OH is 1. The van der Waals surface area contributed by atoms with Gasteiger partial charge in [-0.2, -0.15) is 0 Å². The SMILES string of the molecule is OCC[C@H]1CN(Cc2cnc(-c3ccccc3)s2)CCN1Cc1ccccc1. The fraction of sp³-hybridized carbons (Fsp3) is 0.348. The molecule has 1 aliphatic heterocycles. The minimum Gasteiger partial charge on any atom is -0.396 e. The van der Waals surface area contributed by atoms with Gasteiger partial charge in [0, 0.05) is 62.0 Å². The lowest BCUT2D eigenvalue weighted by Gasteiger charge is -2.41. The molecule has 1 fully saturated rings. The maximum absolute atomic E-state index is 9.55. The summed E-state index contributed by atoms with van der Waals surface area (Å²) in [5.41, 5.74) is 2.53. The van der Waals surface area contributed by atoms with Crippen LogP contribution in [-0.2, 0) is 13.1 Å². The van der Waals surface area contributed by atoms with E-state index < -0.39 is 0 Å². The molecule has 1 aliphatic rings. The van der Waals surface area contributed by atoms with E-state index >= 15 is 0 Å². The minimum absolute atomic E-state index is 0.239. The van der Waals surface area contributed by atoms with Gasteiger partial charge in [-0.15, -0.1) is 11.3 Å². The van der Waals surface area contributed by atoms with Crippen molar-refractivity contribution in [3.05, 3.63) is 77.3 Å². The second-order valence-electron chi connectivity index (χ2n) is 7.36. The zero-order chi connectivity index (χ0) is 19.2. The first-order chi connectivity index (χ1) is 13.8. The molecule has 0 bridgehead atoms. The third-order valence-electron chi connectivity index (χ3n) is 5.33. The first-order valence-electron chi connectivity index (χ1n) is 9.93. The van der Waals surface area contributed by atoms with E-state index in [0.717, 1.165) is 44.2 Å². The van der Waals surface area contributed by atoms with E-state index in [-0.39, 0.29) is 6.61 Å². The molecule has 1 aromatic heterocycles. The van der Waals surface area contributed by atoms with Crippen LogP contribution in [0.3, 0.4) is 0 Å². The van der Waals surface area contributed by atoms with Crippen LogP contribution in [0, 0.1) is 0 Å². The molecule has 0 saturated carbocycles. The number of aliphatic hydroxyl groups is 1. The highest BCUT2D eigenvalue weighted by Gasteiger charge is 2.27. The van der Waals surface area contributed by atoms with Crippen molar-refractivity contribution in [3.63, 3.8) is 0 Å². The van der Waals surface area contributed by atoms with Crippen molar-refractivity contribution in [2.75, 3.05) is 26.2 Å². The van der Waals surface area contributed by atoms with Crippen LogP contribution in [0.2, 0.25) is 0 Å². The summed E-state index contributed by atoms with van der Waals surface area (Å²) in [7, 11) is 0. The van der Waals surface area contributed by atoms with E-state index in [4.69, 9.17) is 0 Å². The standard InChI is InChI=1S/C23H27N3OS/c27-14-11-21-17-25(12-13-26(21)16-19-7-3-1-4-8-19)18-22-15-24-23(28-22)20-9-5-2-6-10-20/h1-10,15,21,27H,11-14,16-18H2/t21-/m0/s1. The van der Waals surface area contributed by atoms with E-state index in [0.29, 0.717) is 6.04 Å². The van der Waals surface area contributed by atoms with Gasteiger partial charge < -0.3 is 5.11 Å². The van der Waals surface area contributed by atoms with Crippen molar-refractivity contribution in [3.8, 4) is 10.6 Å². The Morgan fingerprint density at radius 1 is 0.964 bits per heavy atom. The molecule has 0 unspecified atom stereocenters. The van der Waals surface area contributed by atoms with Crippen molar-refractivity contribution in [2.24, 2.45) is 0 Å². The summed E-state index contributed by atoms with van der Waals surface area (Å²) in [6.45, 7) is 5.20. The van der Waals surface area contributed by atoms with Crippen LogP contribution in [0.15, 0.2) is 66.9 Å². The lowest BCUT2D eigenvalue weighted by molar-refractivity contribution is 0.0504. The molecule has 4 nitrogen and oxygen atoms in total. The lowest BCUT2D eigenvalue weighted by Crippen LogP contribution is -2.52. The highest BCUT2D eigenvalue weighted by molar-refractivity contribution is 7.15. The van der Waals surface area contributed by atoms with Crippen molar-refractivity contribution in [2.45, 2.75) is 25.6 Å². The maximum Gasteiger partial charge on any atom is 0.123 e. The van der Waals surface area contributed by atoms with Gasteiger partial charge in [-0.3, -0.25) is 9.80 Å². The van der Waals surface area contributed by atoms with Crippen molar-refractivity contribution >= 4 is 11.3 Å². The molecule has 0 amide bonds. The van der Waals surface area contributed by atoms with E-state index in [2.05, 4.69) is 69.4 Å². The molecule has 146 valence electrons. The quantitative estimate of drug-likeness (QED) is 0.661. The summed E-state index contributed by atoms with van der Waals surface area (Å²) in [6, 6.07) is 21.4. The monoisotopic (exact) mass is 393 g/mol. The van der Waals surface area contributed by atoms with Gasteiger partial charge in [0.2, 0.25) is 0 Å². The number of thiazole rings is 1. The third kappa shape index (κ3) is 4.86. The second kappa shape index (κ2) is 9.43. The summed E-state index contributed by atoms with van der Waals surface area (Å²) in [5.74, 6) is 0. The normalized spacial score (nSPS) is 18.4. The Bertz CT molecular complexity index is 853. The first kappa shape index (κ1) is 19.3. The Balaban J connectivity index is 1.38. The number of nitrogens with zero attached hydrogens (tertiary/aromatic N) is 3. The van der Waals surface area contributed by atoms with Crippen LogP contribution in [0.4, 0.5) is 0 Å². The predicted molar refractivity (Wildman–Crippen MR) is 115 cm³/mol. The number of hydrogen-bond donors (Lipinski definition) is 1. The van der Waals surface area contributed by atoms with Gasteiger partial charge in [0.15, 0.2) is 0 Å². The smallest absolute Gasteiger partial charge is 0.123 e. The molecule has 3 aromatic rings. The predicted octanol–water partition coefficient (Wildman–Crippen LogP) is 3.88. The van der Waals surface area contributed by atoms with Crippen LogP contribution >= 0.6 is 11.3 Å². The molecule has 4 rings (SSSR count). The number of hydrogen-bond acceptors (Lipinski definition) is 5. The van der Waals surface area contributed by atoms with Gasteiger partial charge in [-0.05, 0) is 12.0 Å². The van der Waals surface area contributed by atoms with Gasteiger partial charge in [0.25, 0.3) is 0 Å². The summed E-state index contributed by atoms with van der Waals surface area (Å²) in [4.78, 5) is 10.9. The topological polar surface area (TPSA) is 39.6 Å². The molecule has 2 heterocycles. The van der Waals surface area contributed by atoms with Gasteiger partial charge in [0.1, 0.15) is 5.01 Å². The summed E-state index contributed by atoms with van der Waals surface area (Å²) < 4.78 is 0. The molecule has 2 aromatic carbocycles. The van der Waals surface area contributed by atoms with E-state index in [1.165, 1.54) is 16.0 Å². The Hall–Kier alpha value is -2.05. The molecule has 1 atom stereocenters. The molecule has 0 radical (unpaired) electrons. The average Bonchev–Trinajstić information content (AvgIpc) is 3.20. The summed E-state index contributed by atoms with van der Waals surface area (Å²) in [5, 5.41) is 10.6. The molecular weight excluding hydrogens is 366 g/mol. The molecule has 5 heteroatoms. The van der Waals surface area contributed by atoms with Gasteiger partial charge >= 0.3 is 0 Å². The van der Waals surface area contributed by atoms with Crippen LogP contribution in [0.25, 0.3) is 10.6 Å². The Morgan fingerprint density at radius 2 is 1.71 bits per heavy atom. The zero-order valence-corrected chi connectivity index (χ0v) is 16.9. The number of benzene rings is 2. The molecule has 1 N–H and O–H groups in total. The Kier molecular flexibility index (Phi) is 6.49. The van der Waals surface area contributed by atoms with E-state index in [1.54, 1.807) is 11.3 Å². The molecule has 0 aliphatic carbocycles. The highest BCUT2D eigenvalue weighted by atomic mass is 32.1. The number of aromatic nitrogens is 1. The Morgan fingerprint density at radius 3 is 2.46 bits per heavy atom. The van der Waals surface area contributed by atoms with Crippen molar-refractivity contribution in [1.82, 2.24) is 14.8 Å². The fourth-order valence-electron chi connectivity index (χ4n) is 3.86. The summed E-state index contributed by atoms with van der Waals surface area (Å²) >= 11 is 1.78. The summed E-state index contributed by atoms with van der Waals surface area (Å²) in [6.07, 6.45) is 2.84. The van der Waals surface area contributed by atoms with Gasteiger partial charge in [-0.1, -0.05) is 60.7 Å². The fourth-order valence-corrected chi connectivity index (χ4v) is 4.83. The average molecular weight is 394 g/mol. The maximum atomic E-state index is 9.55. The largest absolute Gasteiger partial charge is 0.396 e. The van der Waals surface area contributed by atoms with Gasteiger partial charge in [0.05, 0.1) is 0 Å². The lowest BCUT2D eigenvalue weighted by atomic mass is 10.1. The second-order valence-corrected chi connectivity index (χ2v) is 8.47. The van der Waals surface area contributed by atoms with E-state index in [1.807, 2.05) is 12.3 Å². The van der Waals surface area contributed by atoms with Crippen LogP contribution in [-0.4, -0.2) is 52.2 Å². The van der Waals surface area contributed by atoms with Crippen molar-refractivity contribution < 1.29 is 5.11 Å². The van der Waals surface area contributed by atoms with Crippen molar-refractivity contribution in [1.29, 1.82) is 0 Å². The molecule has 28 heavy (non-hydrogen) atoms. The van der Waals surface area contributed by atoms with Crippen LogP contribution in [0.1, 0.15) is 16.9 Å². The zero-order valence-electron chi connectivity index (χ0n) is 16.1. The van der Waals surface area contributed by atoms with Crippen LogP contribution < -0.4 is 0 Å². The number of rotatable bonds is 7. The molecule has 0 spiro atoms. The Labute approximate surface area is 171 Å². The first-order valence-corrected chi connectivity index (χ1v) is 10.7. The van der Waals surface area contributed by atoms with Crippen LogP contribution in [0.5, 0.6) is 0 Å². The highest BCUT2D eigenvalue weighted by Crippen LogP contribution is 2.26. The van der Waals surface area contributed by atoms with E-state index in [9.17, 15) is 5.11 Å². The number of piperazine rings is 1. The third-order valence-corrected chi connectivity index (χ3v) is 6.36. The molecule has 1 saturated heterocycles. The van der Waals surface area contributed by atoms with Gasteiger partial charge in [-0.25, -0.2) is 4.98 Å².